The van der Waals surface area contributed by atoms with Crippen LogP contribution in [0, 0.1) is 10.8 Å². The molecule has 4 aliphatic rings. The van der Waals surface area contributed by atoms with Gasteiger partial charge < -0.3 is 30.6 Å². The Balaban J connectivity index is 1.56. The lowest BCUT2D eigenvalue weighted by Crippen LogP contribution is -2.53. The maximum atomic E-state index is 10.9. The number of hydrogen-bond acceptors (Lipinski definition) is 6. The fraction of sp³-hybridized carbons (Fsp3) is 1.00. The SMILES string of the molecule is OC1C2(CCCCC2)[C@]1(O)[C@@H](O)[C@H](O)[C@]1(O)C(O)C12CCCCC2. The second-order valence-corrected chi connectivity index (χ2v) is 8.78. The van der Waals surface area contributed by atoms with Crippen LogP contribution in [0.25, 0.3) is 0 Å². The van der Waals surface area contributed by atoms with Crippen LogP contribution in [-0.2, 0) is 0 Å². The average molecular weight is 342 g/mol. The van der Waals surface area contributed by atoms with Crippen molar-refractivity contribution in [3.05, 3.63) is 0 Å². The number of rotatable bonds is 3. The Morgan fingerprint density at radius 1 is 0.583 bits per heavy atom. The molecule has 138 valence electrons. The van der Waals surface area contributed by atoms with E-state index in [4.69, 9.17) is 0 Å². The molecule has 6 N–H and O–H groups in total. The maximum Gasteiger partial charge on any atom is 0.128 e. The molecule has 6 nitrogen and oxygen atoms in total. The van der Waals surface area contributed by atoms with Gasteiger partial charge >= 0.3 is 0 Å². The van der Waals surface area contributed by atoms with Crippen molar-refractivity contribution in [1.82, 2.24) is 0 Å². The Hall–Kier alpha value is -0.240. The first-order chi connectivity index (χ1) is 11.3. The van der Waals surface area contributed by atoms with Gasteiger partial charge in [-0.1, -0.05) is 38.5 Å². The van der Waals surface area contributed by atoms with E-state index in [1.807, 2.05) is 0 Å². The van der Waals surface area contributed by atoms with Gasteiger partial charge in [0.2, 0.25) is 0 Å². The minimum atomic E-state index is -1.79. The van der Waals surface area contributed by atoms with Gasteiger partial charge in [0.25, 0.3) is 0 Å². The lowest BCUT2D eigenvalue weighted by molar-refractivity contribution is -0.158. The molecule has 0 bridgehead atoms. The van der Waals surface area contributed by atoms with Crippen LogP contribution in [0.5, 0.6) is 0 Å². The van der Waals surface area contributed by atoms with E-state index in [0.29, 0.717) is 25.7 Å². The summed E-state index contributed by atoms with van der Waals surface area (Å²) in [7, 11) is 0. The third-order valence-corrected chi connectivity index (χ3v) is 8.00. The standard InChI is InChI=1S/C18H30O6/c19-11(17(23)13(21)15(17)7-3-1-4-8-15)12(20)18(24)14(22)16(18)9-5-2-6-10-16/h11-14,19-24H,1-10H2/t11-,12-,13?,14?,17-,18-/m0/s1. The third kappa shape index (κ3) is 1.72. The van der Waals surface area contributed by atoms with Crippen LogP contribution in [0.3, 0.4) is 0 Å². The molecule has 0 heterocycles. The Kier molecular flexibility index (Phi) is 3.69. The van der Waals surface area contributed by atoms with Crippen molar-refractivity contribution in [2.45, 2.75) is 99.8 Å². The van der Waals surface area contributed by atoms with Crippen LogP contribution in [0.4, 0.5) is 0 Å². The summed E-state index contributed by atoms with van der Waals surface area (Å²) in [5.74, 6) is 0. The van der Waals surface area contributed by atoms with Gasteiger partial charge in [0, 0.05) is 10.8 Å². The highest BCUT2D eigenvalue weighted by Gasteiger charge is 2.85. The summed E-state index contributed by atoms with van der Waals surface area (Å²) in [5, 5.41) is 63.9. The van der Waals surface area contributed by atoms with Gasteiger partial charge in [-0.05, 0) is 25.7 Å². The molecule has 0 saturated heterocycles. The van der Waals surface area contributed by atoms with Gasteiger partial charge in [-0.2, -0.15) is 0 Å². The van der Waals surface area contributed by atoms with Crippen LogP contribution in [0.1, 0.15) is 64.2 Å². The fourth-order valence-electron chi connectivity index (χ4n) is 6.27. The van der Waals surface area contributed by atoms with Crippen molar-refractivity contribution < 1.29 is 30.6 Å². The molecule has 6 atom stereocenters. The zero-order chi connectivity index (χ0) is 17.4. The molecular formula is C18H30O6. The van der Waals surface area contributed by atoms with Crippen molar-refractivity contribution in [2.24, 2.45) is 10.8 Å². The summed E-state index contributed by atoms with van der Waals surface area (Å²) in [6.07, 6.45) is 2.52. The highest BCUT2D eigenvalue weighted by molar-refractivity contribution is 5.35. The first kappa shape index (κ1) is 17.2. The summed E-state index contributed by atoms with van der Waals surface area (Å²) in [5.41, 5.74) is -5.13. The predicted molar refractivity (Wildman–Crippen MR) is 85.0 cm³/mol. The van der Waals surface area contributed by atoms with Crippen LogP contribution in [0.2, 0.25) is 0 Å². The molecule has 4 aliphatic carbocycles. The van der Waals surface area contributed by atoms with E-state index in [0.717, 1.165) is 38.5 Å². The topological polar surface area (TPSA) is 121 Å². The molecule has 0 radical (unpaired) electrons. The molecule has 0 aromatic heterocycles. The largest absolute Gasteiger partial charge is 0.389 e. The van der Waals surface area contributed by atoms with Crippen LogP contribution < -0.4 is 0 Å². The lowest BCUT2D eigenvalue weighted by atomic mass is 9.78. The minimum absolute atomic E-state index is 0.612. The molecule has 2 unspecified atom stereocenters. The normalized spacial score (nSPS) is 48.2. The molecule has 24 heavy (non-hydrogen) atoms. The number of hydrogen-bond donors (Lipinski definition) is 6. The van der Waals surface area contributed by atoms with E-state index in [1.54, 1.807) is 0 Å². The molecule has 2 spiro atoms. The molecule has 0 aromatic rings. The van der Waals surface area contributed by atoms with E-state index < -0.39 is 46.4 Å². The Bertz CT molecular complexity index is 466. The van der Waals surface area contributed by atoms with E-state index in [1.165, 1.54) is 0 Å². The first-order valence-electron chi connectivity index (χ1n) is 9.46. The zero-order valence-corrected chi connectivity index (χ0v) is 14.1. The van der Waals surface area contributed by atoms with E-state index in [9.17, 15) is 30.6 Å². The number of aliphatic hydroxyl groups is 6. The van der Waals surface area contributed by atoms with E-state index >= 15 is 0 Å². The highest BCUT2D eigenvalue weighted by Crippen LogP contribution is 2.70. The molecule has 4 saturated carbocycles. The quantitative estimate of drug-likeness (QED) is 0.423. The van der Waals surface area contributed by atoms with Gasteiger partial charge in [-0.15, -0.1) is 0 Å². The second kappa shape index (κ2) is 5.15. The molecule has 0 amide bonds. The van der Waals surface area contributed by atoms with Gasteiger partial charge in [-0.3, -0.25) is 0 Å². The van der Waals surface area contributed by atoms with Gasteiger partial charge in [0.1, 0.15) is 23.4 Å². The van der Waals surface area contributed by atoms with Crippen molar-refractivity contribution in [3.63, 3.8) is 0 Å². The molecule has 0 aliphatic heterocycles. The predicted octanol–water partition coefficient (Wildman–Crippen LogP) is -0.180. The summed E-state index contributed by atoms with van der Waals surface area (Å²) in [6, 6.07) is 0. The fourth-order valence-corrected chi connectivity index (χ4v) is 6.27. The highest BCUT2D eigenvalue weighted by atomic mass is 16.4. The summed E-state index contributed by atoms with van der Waals surface area (Å²) in [6.45, 7) is 0. The van der Waals surface area contributed by atoms with Crippen molar-refractivity contribution in [2.75, 3.05) is 0 Å². The lowest BCUT2D eigenvalue weighted by Gasteiger charge is -2.34. The molecule has 6 heteroatoms. The summed E-state index contributed by atoms with van der Waals surface area (Å²) >= 11 is 0. The van der Waals surface area contributed by atoms with Gasteiger partial charge in [0.05, 0.1) is 12.2 Å². The summed E-state index contributed by atoms with van der Waals surface area (Å²) in [4.78, 5) is 0. The Morgan fingerprint density at radius 2 is 0.875 bits per heavy atom. The second-order valence-electron chi connectivity index (χ2n) is 8.78. The molecular weight excluding hydrogens is 312 g/mol. The monoisotopic (exact) mass is 342 g/mol. The van der Waals surface area contributed by atoms with Gasteiger partial charge in [0.15, 0.2) is 0 Å². The van der Waals surface area contributed by atoms with Crippen LogP contribution in [-0.4, -0.2) is 66.3 Å². The van der Waals surface area contributed by atoms with Crippen LogP contribution in [0.15, 0.2) is 0 Å². The van der Waals surface area contributed by atoms with E-state index in [-0.39, 0.29) is 0 Å². The Morgan fingerprint density at radius 3 is 1.17 bits per heavy atom. The molecule has 4 rings (SSSR count). The molecule has 0 aromatic carbocycles. The van der Waals surface area contributed by atoms with E-state index in [2.05, 4.69) is 0 Å². The Labute approximate surface area is 142 Å². The zero-order valence-electron chi connectivity index (χ0n) is 14.1. The number of aliphatic hydroxyl groups excluding tert-OH is 4. The van der Waals surface area contributed by atoms with Crippen molar-refractivity contribution >= 4 is 0 Å². The van der Waals surface area contributed by atoms with Crippen LogP contribution >= 0.6 is 0 Å². The van der Waals surface area contributed by atoms with Crippen molar-refractivity contribution in [1.29, 1.82) is 0 Å². The summed E-state index contributed by atoms with van der Waals surface area (Å²) < 4.78 is 0. The first-order valence-corrected chi connectivity index (χ1v) is 9.46. The van der Waals surface area contributed by atoms with Gasteiger partial charge in [-0.25, -0.2) is 0 Å². The average Bonchev–Trinajstić information content (AvgIpc) is 3.28. The molecule has 4 fully saturated rings. The van der Waals surface area contributed by atoms with Crippen molar-refractivity contribution in [3.8, 4) is 0 Å². The maximum absolute atomic E-state index is 10.9. The smallest absolute Gasteiger partial charge is 0.128 e. The third-order valence-electron chi connectivity index (χ3n) is 8.00. The minimum Gasteiger partial charge on any atom is -0.389 e.